The average Bonchev–Trinajstić information content (AvgIpc) is 2.33. The van der Waals surface area contributed by atoms with Crippen LogP contribution in [-0.2, 0) is 0 Å². The van der Waals surface area contributed by atoms with Crippen molar-refractivity contribution in [2.75, 3.05) is 16.4 Å². The molecule has 0 saturated carbocycles. The van der Waals surface area contributed by atoms with E-state index in [9.17, 15) is 0 Å². The molecule has 3 nitrogen and oxygen atoms in total. The van der Waals surface area contributed by atoms with E-state index in [1.165, 1.54) is 0 Å². The minimum absolute atomic E-state index is 0.781. The van der Waals surface area contributed by atoms with Crippen LogP contribution in [0.15, 0.2) is 18.2 Å². The summed E-state index contributed by atoms with van der Waals surface area (Å²) in [5, 5.41) is 6.06. The highest BCUT2D eigenvalue weighted by molar-refractivity contribution is 5.78. The first-order valence-electron chi connectivity index (χ1n) is 3.10. The largest absolute Gasteiger partial charge is 0.399 e. The fraction of sp³-hybridized carbons (Fsp3) is 0. The number of nitrogen functional groups attached to an aromatic ring is 1. The molecule has 4 N–H and O–H groups in total. The average molecular weight is 134 g/mol. The van der Waals surface area contributed by atoms with Crippen molar-refractivity contribution < 1.29 is 0 Å². The van der Waals surface area contributed by atoms with E-state index < -0.39 is 0 Å². The van der Waals surface area contributed by atoms with Gasteiger partial charge in [0, 0.05) is 5.69 Å². The Kier molecular flexibility index (Phi) is 0.974. The quantitative estimate of drug-likeness (QED) is 0.468. The molecule has 0 aromatic heterocycles. The molecule has 0 atom stereocenters. The van der Waals surface area contributed by atoms with Crippen LogP contribution in [0.3, 0.4) is 0 Å². The van der Waals surface area contributed by atoms with Gasteiger partial charge >= 0.3 is 0 Å². The number of hydrogen-bond acceptors (Lipinski definition) is 3. The number of hydrogen-bond donors (Lipinski definition) is 3. The molecule has 0 unspecified atom stereocenters. The molecule has 51 valence electrons. The van der Waals surface area contributed by atoms with Crippen molar-refractivity contribution in [1.82, 2.24) is 0 Å². The van der Waals surface area contributed by atoms with Gasteiger partial charge in [0.25, 0.3) is 0 Å². The molecular weight excluding hydrogens is 126 g/mol. The molecule has 0 aliphatic carbocycles. The van der Waals surface area contributed by atoms with Crippen LogP contribution in [0.25, 0.3) is 0 Å². The second kappa shape index (κ2) is 1.80. The van der Waals surface area contributed by atoms with Crippen LogP contribution in [-0.4, -0.2) is 0 Å². The highest BCUT2D eigenvalue weighted by Gasteiger charge is 2.07. The van der Waals surface area contributed by atoms with E-state index in [1.807, 2.05) is 18.2 Å². The normalized spacial score (nSPS) is 13.6. The van der Waals surface area contributed by atoms with Crippen LogP contribution in [0.2, 0.25) is 0 Å². The van der Waals surface area contributed by atoms with Gasteiger partial charge in [0.1, 0.15) is 6.67 Å². The molecule has 1 aromatic carbocycles. The zero-order valence-corrected chi connectivity index (χ0v) is 5.39. The maximum atomic E-state index is 5.55. The van der Waals surface area contributed by atoms with E-state index >= 15 is 0 Å². The monoisotopic (exact) mass is 134 g/mol. The molecular formula is C7H8N3. The Morgan fingerprint density at radius 3 is 2.80 bits per heavy atom. The molecule has 2 rings (SSSR count). The zero-order valence-electron chi connectivity index (χ0n) is 5.39. The summed E-state index contributed by atoms with van der Waals surface area (Å²) in [5.41, 5.74) is 8.45. The molecule has 0 amide bonds. The van der Waals surface area contributed by atoms with Crippen molar-refractivity contribution in [3.8, 4) is 0 Å². The Morgan fingerprint density at radius 1 is 1.10 bits per heavy atom. The SMILES string of the molecule is Nc1ccc2c(c1)N[CH]N2. The van der Waals surface area contributed by atoms with Crippen LogP contribution in [0.4, 0.5) is 17.1 Å². The third-order valence-corrected chi connectivity index (χ3v) is 1.50. The fourth-order valence-electron chi connectivity index (χ4n) is 0.999. The van der Waals surface area contributed by atoms with Crippen molar-refractivity contribution in [3.63, 3.8) is 0 Å². The van der Waals surface area contributed by atoms with Gasteiger partial charge in [-0.25, -0.2) is 0 Å². The molecule has 1 aliphatic rings. The molecule has 0 saturated heterocycles. The molecule has 1 radical (unpaired) electrons. The molecule has 3 heteroatoms. The van der Waals surface area contributed by atoms with Crippen molar-refractivity contribution in [2.24, 2.45) is 0 Å². The minimum Gasteiger partial charge on any atom is -0.399 e. The van der Waals surface area contributed by atoms with Crippen LogP contribution >= 0.6 is 0 Å². The zero-order chi connectivity index (χ0) is 6.97. The fourth-order valence-corrected chi connectivity index (χ4v) is 0.999. The first-order valence-corrected chi connectivity index (χ1v) is 3.10. The summed E-state index contributed by atoms with van der Waals surface area (Å²) >= 11 is 0. The van der Waals surface area contributed by atoms with Crippen molar-refractivity contribution in [2.45, 2.75) is 0 Å². The first kappa shape index (κ1) is 5.41. The smallest absolute Gasteiger partial charge is 0.136 e. The standard InChI is InChI=1S/C7H8N3/c8-5-1-2-6-7(3-5)10-4-9-6/h1-4,9-10H,8H2. The lowest BCUT2D eigenvalue weighted by Gasteiger charge is -1.97. The number of nitrogens with one attached hydrogen (secondary N) is 2. The number of benzene rings is 1. The van der Waals surface area contributed by atoms with E-state index in [1.54, 1.807) is 6.67 Å². The molecule has 0 spiro atoms. The van der Waals surface area contributed by atoms with Crippen LogP contribution in [0, 0.1) is 6.67 Å². The van der Waals surface area contributed by atoms with E-state index in [-0.39, 0.29) is 0 Å². The predicted octanol–water partition coefficient (Wildman–Crippen LogP) is 1.23. The van der Waals surface area contributed by atoms with Gasteiger partial charge < -0.3 is 16.4 Å². The highest BCUT2D eigenvalue weighted by Crippen LogP contribution is 2.28. The summed E-state index contributed by atoms with van der Waals surface area (Å²) in [5.74, 6) is 0. The second-order valence-electron chi connectivity index (χ2n) is 2.24. The van der Waals surface area contributed by atoms with Crippen molar-refractivity contribution >= 4 is 17.1 Å². The Labute approximate surface area is 59.2 Å². The van der Waals surface area contributed by atoms with E-state index in [4.69, 9.17) is 5.73 Å². The maximum absolute atomic E-state index is 5.55. The Hall–Kier alpha value is -1.38. The Morgan fingerprint density at radius 2 is 1.90 bits per heavy atom. The first-order chi connectivity index (χ1) is 4.86. The van der Waals surface area contributed by atoms with E-state index in [0.717, 1.165) is 17.1 Å². The third-order valence-electron chi connectivity index (χ3n) is 1.50. The van der Waals surface area contributed by atoms with Gasteiger partial charge in [-0.1, -0.05) is 0 Å². The molecule has 1 heterocycles. The summed E-state index contributed by atoms with van der Waals surface area (Å²) in [4.78, 5) is 0. The Bertz CT molecular complexity index is 257. The summed E-state index contributed by atoms with van der Waals surface area (Å²) in [6.45, 7) is 1.78. The van der Waals surface area contributed by atoms with Gasteiger partial charge in [-0.3, -0.25) is 0 Å². The van der Waals surface area contributed by atoms with Gasteiger partial charge in [-0.15, -0.1) is 0 Å². The summed E-state index contributed by atoms with van der Waals surface area (Å²) < 4.78 is 0. The number of fused-ring (bicyclic) bond motifs is 1. The van der Waals surface area contributed by atoms with E-state index in [0.29, 0.717) is 0 Å². The van der Waals surface area contributed by atoms with E-state index in [2.05, 4.69) is 10.6 Å². The van der Waals surface area contributed by atoms with Crippen molar-refractivity contribution in [3.05, 3.63) is 24.9 Å². The minimum atomic E-state index is 0.781. The lowest BCUT2D eigenvalue weighted by atomic mass is 10.2. The number of nitrogens with two attached hydrogens (primary N) is 1. The van der Waals surface area contributed by atoms with Crippen LogP contribution in [0.1, 0.15) is 0 Å². The predicted molar refractivity (Wildman–Crippen MR) is 42.4 cm³/mol. The highest BCUT2D eigenvalue weighted by atomic mass is 15.1. The van der Waals surface area contributed by atoms with Gasteiger partial charge in [0.2, 0.25) is 0 Å². The summed E-state index contributed by atoms with van der Waals surface area (Å²) in [6.07, 6.45) is 0. The van der Waals surface area contributed by atoms with Gasteiger partial charge in [-0.2, -0.15) is 0 Å². The molecule has 0 fully saturated rings. The number of rotatable bonds is 0. The molecule has 1 aromatic rings. The third kappa shape index (κ3) is 0.673. The lowest BCUT2D eigenvalue weighted by molar-refractivity contribution is 1.51. The molecule has 1 aliphatic heterocycles. The second-order valence-corrected chi connectivity index (χ2v) is 2.24. The summed E-state index contributed by atoms with van der Waals surface area (Å²) in [6, 6.07) is 5.71. The van der Waals surface area contributed by atoms with Gasteiger partial charge in [-0.05, 0) is 18.2 Å². The maximum Gasteiger partial charge on any atom is 0.136 e. The van der Waals surface area contributed by atoms with Crippen LogP contribution < -0.4 is 16.4 Å². The molecule has 0 bridgehead atoms. The summed E-state index contributed by atoms with van der Waals surface area (Å²) in [7, 11) is 0. The lowest BCUT2D eigenvalue weighted by Crippen LogP contribution is -1.89. The Balaban J connectivity index is 2.52. The molecule has 10 heavy (non-hydrogen) atoms. The van der Waals surface area contributed by atoms with Gasteiger partial charge in [0.05, 0.1) is 11.4 Å². The number of anilines is 3. The van der Waals surface area contributed by atoms with Gasteiger partial charge in [0.15, 0.2) is 0 Å². The topological polar surface area (TPSA) is 50.1 Å². The van der Waals surface area contributed by atoms with Crippen molar-refractivity contribution in [1.29, 1.82) is 0 Å². The van der Waals surface area contributed by atoms with Crippen LogP contribution in [0.5, 0.6) is 0 Å².